The van der Waals surface area contributed by atoms with Gasteiger partial charge < -0.3 is 10.2 Å². The molecule has 2 aromatic heterocycles. The summed E-state index contributed by atoms with van der Waals surface area (Å²) in [5.41, 5.74) is 2.90. The van der Waals surface area contributed by atoms with Gasteiger partial charge in [-0.1, -0.05) is 30.3 Å². The van der Waals surface area contributed by atoms with Gasteiger partial charge >= 0.3 is 0 Å². The third-order valence-electron chi connectivity index (χ3n) is 4.31. The minimum absolute atomic E-state index is 0.0192. The van der Waals surface area contributed by atoms with Crippen LogP contribution in [0.1, 0.15) is 41.1 Å². The molecule has 0 aliphatic carbocycles. The first-order valence-electron chi connectivity index (χ1n) is 8.87. The normalized spacial score (nSPS) is 12.5. The van der Waals surface area contributed by atoms with Crippen molar-refractivity contribution in [1.82, 2.24) is 24.5 Å². The molecular weight excluding hydrogens is 330 g/mol. The molecule has 0 fully saturated rings. The molecule has 0 amide bonds. The van der Waals surface area contributed by atoms with Crippen molar-refractivity contribution in [2.45, 2.75) is 45.9 Å². The van der Waals surface area contributed by atoms with Crippen LogP contribution in [0.3, 0.4) is 0 Å². The molecule has 0 aliphatic heterocycles. The van der Waals surface area contributed by atoms with Crippen LogP contribution in [0.2, 0.25) is 0 Å². The van der Waals surface area contributed by atoms with E-state index in [1.165, 1.54) is 0 Å². The second-order valence-corrected chi connectivity index (χ2v) is 6.40. The molecule has 26 heavy (non-hydrogen) atoms. The first-order chi connectivity index (χ1) is 12.6. The summed E-state index contributed by atoms with van der Waals surface area (Å²) in [4.78, 5) is 4.53. The molecule has 1 aromatic carbocycles. The summed E-state index contributed by atoms with van der Waals surface area (Å²) in [6, 6.07) is 11.4. The monoisotopic (exact) mass is 355 g/mol. The van der Waals surface area contributed by atoms with Crippen LogP contribution in [0, 0.1) is 13.8 Å². The Kier molecular flexibility index (Phi) is 5.80. The van der Waals surface area contributed by atoms with Gasteiger partial charge in [-0.2, -0.15) is 10.2 Å². The Hall–Kier alpha value is -2.51. The van der Waals surface area contributed by atoms with Gasteiger partial charge in [-0.15, -0.1) is 0 Å². The van der Waals surface area contributed by atoms with E-state index in [4.69, 9.17) is 0 Å². The Morgan fingerprint density at radius 3 is 2.46 bits per heavy atom. The summed E-state index contributed by atoms with van der Waals surface area (Å²) in [5, 5.41) is 28.7. The number of hydrogen-bond donors (Lipinski definition) is 2. The van der Waals surface area contributed by atoms with Crippen LogP contribution < -0.4 is 0 Å². The average Bonchev–Trinajstić information content (AvgIpc) is 3.18. The van der Waals surface area contributed by atoms with Crippen LogP contribution in [-0.2, 0) is 19.5 Å². The smallest absolute Gasteiger partial charge is 0.183 e. The van der Waals surface area contributed by atoms with E-state index in [-0.39, 0.29) is 6.61 Å². The Labute approximate surface area is 152 Å². The summed E-state index contributed by atoms with van der Waals surface area (Å²) in [7, 11) is 0. The minimum atomic E-state index is -0.870. The number of aromatic nitrogens is 5. The van der Waals surface area contributed by atoms with Crippen molar-refractivity contribution in [2.75, 3.05) is 6.61 Å². The zero-order valence-corrected chi connectivity index (χ0v) is 15.2. The van der Waals surface area contributed by atoms with Crippen LogP contribution in [0.15, 0.2) is 36.4 Å². The van der Waals surface area contributed by atoms with Crippen molar-refractivity contribution in [2.24, 2.45) is 0 Å². The Morgan fingerprint density at radius 1 is 1.04 bits per heavy atom. The highest BCUT2D eigenvalue weighted by Gasteiger charge is 2.18. The lowest BCUT2D eigenvalue weighted by atomic mass is 10.1. The molecule has 3 rings (SSSR count). The van der Waals surface area contributed by atoms with Crippen LogP contribution in [0.5, 0.6) is 0 Å². The molecule has 1 unspecified atom stereocenters. The third kappa shape index (κ3) is 4.17. The topological polar surface area (TPSA) is 89.0 Å². The van der Waals surface area contributed by atoms with Crippen molar-refractivity contribution >= 4 is 0 Å². The highest BCUT2D eigenvalue weighted by molar-refractivity contribution is 5.22. The summed E-state index contributed by atoms with van der Waals surface area (Å²) in [6.07, 6.45) is 0.686. The lowest BCUT2D eigenvalue weighted by molar-refractivity contribution is 0.208. The molecule has 0 bridgehead atoms. The molecule has 0 aliphatic rings. The molecule has 0 saturated carbocycles. The number of aliphatic hydroxyl groups excluding tert-OH is 2. The molecule has 0 radical (unpaired) electrons. The lowest BCUT2D eigenvalue weighted by Crippen LogP contribution is -2.11. The largest absolute Gasteiger partial charge is 0.394 e. The van der Waals surface area contributed by atoms with E-state index in [1.807, 2.05) is 48.9 Å². The first-order valence-corrected chi connectivity index (χ1v) is 8.87. The van der Waals surface area contributed by atoms with Gasteiger partial charge in [-0.25, -0.2) is 9.67 Å². The third-order valence-corrected chi connectivity index (χ3v) is 4.31. The molecular formula is C19H25N5O2. The van der Waals surface area contributed by atoms with E-state index in [0.29, 0.717) is 18.8 Å². The lowest BCUT2D eigenvalue weighted by Gasteiger charge is -2.05. The SMILES string of the molecule is Cc1cc(C)n(CCCc2nc(C(O)c3ccccc3)nn2CCO)n1. The van der Waals surface area contributed by atoms with Gasteiger partial charge in [0.15, 0.2) is 5.82 Å². The predicted molar refractivity (Wildman–Crippen MR) is 97.6 cm³/mol. The van der Waals surface area contributed by atoms with Crippen LogP contribution in [-0.4, -0.2) is 41.4 Å². The predicted octanol–water partition coefficient (Wildman–Crippen LogP) is 1.80. The fourth-order valence-electron chi connectivity index (χ4n) is 3.04. The van der Waals surface area contributed by atoms with Crippen LogP contribution in [0.25, 0.3) is 0 Å². The summed E-state index contributed by atoms with van der Waals surface area (Å²) in [5.74, 6) is 1.14. The molecule has 2 heterocycles. The zero-order valence-electron chi connectivity index (χ0n) is 15.2. The number of aliphatic hydroxyl groups is 2. The van der Waals surface area contributed by atoms with E-state index in [1.54, 1.807) is 4.68 Å². The van der Waals surface area contributed by atoms with Gasteiger partial charge in [-0.3, -0.25) is 4.68 Å². The zero-order chi connectivity index (χ0) is 18.5. The second-order valence-electron chi connectivity index (χ2n) is 6.40. The number of aryl methyl sites for hydroxylation is 4. The standard InChI is InChI=1S/C19H25N5O2/c1-14-13-15(2)23(21-14)10-6-9-17-20-19(22-24(17)11-12-25)18(26)16-7-4-3-5-8-16/h3-5,7-8,13,18,25-26H,6,9-12H2,1-2H3. The van der Waals surface area contributed by atoms with E-state index in [0.717, 1.165) is 35.7 Å². The Morgan fingerprint density at radius 2 is 1.81 bits per heavy atom. The first kappa shape index (κ1) is 18.3. The van der Waals surface area contributed by atoms with Gasteiger partial charge in [0.25, 0.3) is 0 Å². The molecule has 3 aromatic rings. The summed E-state index contributed by atoms with van der Waals surface area (Å²) < 4.78 is 3.67. The fourth-order valence-corrected chi connectivity index (χ4v) is 3.04. The maximum atomic E-state index is 10.5. The van der Waals surface area contributed by atoms with Gasteiger partial charge in [0, 0.05) is 18.7 Å². The van der Waals surface area contributed by atoms with Crippen molar-refractivity contribution in [3.05, 3.63) is 65.0 Å². The van der Waals surface area contributed by atoms with E-state index < -0.39 is 6.10 Å². The average molecular weight is 355 g/mol. The van der Waals surface area contributed by atoms with Gasteiger partial charge in [0.1, 0.15) is 11.9 Å². The van der Waals surface area contributed by atoms with Gasteiger partial charge in [0.05, 0.1) is 18.8 Å². The summed E-state index contributed by atoms with van der Waals surface area (Å²) in [6.45, 7) is 5.17. The van der Waals surface area contributed by atoms with Gasteiger partial charge in [0.2, 0.25) is 0 Å². The van der Waals surface area contributed by atoms with Crippen molar-refractivity contribution in [3.8, 4) is 0 Å². The number of rotatable bonds is 8. The molecule has 1 atom stereocenters. The van der Waals surface area contributed by atoms with Crippen LogP contribution in [0.4, 0.5) is 0 Å². The van der Waals surface area contributed by atoms with E-state index >= 15 is 0 Å². The second kappa shape index (κ2) is 8.25. The van der Waals surface area contributed by atoms with E-state index in [2.05, 4.69) is 21.2 Å². The van der Waals surface area contributed by atoms with Crippen LogP contribution >= 0.6 is 0 Å². The Bertz CT molecular complexity index is 841. The molecule has 7 nitrogen and oxygen atoms in total. The number of benzene rings is 1. The van der Waals surface area contributed by atoms with Crippen molar-refractivity contribution in [3.63, 3.8) is 0 Å². The number of hydrogen-bond acceptors (Lipinski definition) is 5. The molecule has 0 spiro atoms. The molecule has 2 N–H and O–H groups in total. The molecule has 138 valence electrons. The Balaban J connectivity index is 1.71. The number of nitrogens with zero attached hydrogens (tertiary/aromatic N) is 5. The van der Waals surface area contributed by atoms with Crippen molar-refractivity contribution in [1.29, 1.82) is 0 Å². The maximum absolute atomic E-state index is 10.5. The highest BCUT2D eigenvalue weighted by atomic mass is 16.3. The van der Waals surface area contributed by atoms with E-state index in [9.17, 15) is 10.2 Å². The van der Waals surface area contributed by atoms with Gasteiger partial charge in [-0.05, 0) is 31.9 Å². The van der Waals surface area contributed by atoms with Crippen molar-refractivity contribution < 1.29 is 10.2 Å². The molecule has 7 heteroatoms. The molecule has 0 saturated heterocycles. The quantitative estimate of drug-likeness (QED) is 0.643. The minimum Gasteiger partial charge on any atom is -0.394 e. The maximum Gasteiger partial charge on any atom is 0.183 e. The summed E-state index contributed by atoms with van der Waals surface area (Å²) >= 11 is 0. The fraction of sp³-hybridized carbons (Fsp3) is 0.421. The highest BCUT2D eigenvalue weighted by Crippen LogP contribution is 2.19.